The molecule has 1 saturated carbocycles. The number of fused-ring (bicyclic) bond motifs is 4. The van der Waals surface area contributed by atoms with Crippen molar-refractivity contribution in [1.29, 1.82) is 0 Å². The quantitative estimate of drug-likeness (QED) is 0.180. The number of nitrogens with one attached hydrogen (secondary N) is 3. The molecule has 9 rings (SSSR count). The van der Waals surface area contributed by atoms with E-state index in [0.29, 0.717) is 24.0 Å². The molecule has 5 aliphatic rings. The fraction of sp³-hybridized carbons (Fsp3) is 0.417. The molecule has 4 aromatic rings. The molecule has 2 aromatic heterocycles. The van der Waals surface area contributed by atoms with Crippen molar-refractivity contribution in [2.24, 2.45) is 5.92 Å². The van der Waals surface area contributed by atoms with E-state index >= 15 is 0 Å². The lowest BCUT2D eigenvalue weighted by Gasteiger charge is -2.35. The van der Waals surface area contributed by atoms with E-state index in [4.69, 9.17) is 9.97 Å². The SMILES string of the molecule is O=C1CCC(N2C(=O)c3ccc(NCCC[C@H]4C[C@H](n5cc(-c6cnc7ccc(N8C[C@@H]9C[C@H]8CN9)cc7n6)cn5)C4)cc3C2=O)C(=O)N1. The summed E-state index contributed by atoms with van der Waals surface area (Å²) in [6.07, 6.45) is 11.5. The van der Waals surface area contributed by atoms with Crippen LogP contribution in [-0.2, 0) is 9.59 Å². The zero-order valence-electron chi connectivity index (χ0n) is 27.0. The molecule has 3 atom stereocenters. The molecule has 6 heterocycles. The van der Waals surface area contributed by atoms with Crippen molar-refractivity contribution in [1.82, 2.24) is 35.3 Å². The molecule has 4 aliphatic heterocycles. The number of hydrogen-bond donors (Lipinski definition) is 3. The molecule has 1 unspecified atom stereocenters. The summed E-state index contributed by atoms with van der Waals surface area (Å²) in [4.78, 5) is 63.1. The number of piperazine rings is 1. The van der Waals surface area contributed by atoms with Crippen LogP contribution in [0.15, 0.2) is 55.0 Å². The van der Waals surface area contributed by atoms with Gasteiger partial charge in [-0.3, -0.25) is 39.1 Å². The topological polar surface area (TPSA) is 154 Å². The summed E-state index contributed by atoms with van der Waals surface area (Å²) in [6.45, 7) is 2.83. The smallest absolute Gasteiger partial charge is 0.262 e. The second-order valence-electron chi connectivity index (χ2n) is 14.1. The van der Waals surface area contributed by atoms with E-state index in [1.165, 1.54) is 12.1 Å². The van der Waals surface area contributed by atoms with Gasteiger partial charge in [-0.1, -0.05) is 0 Å². The number of amides is 4. The maximum atomic E-state index is 13.1. The first kappa shape index (κ1) is 29.9. The van der Waals surface area contributed by atoms with E-state index in [0.717, 1.165) is 78.2 Å². The minimum absolute atomic E-state index is 0.0980. The summed E-state index contributed by atoms with van der Waals surface area (Å²) in [5.74, 6) is -1.36. The van der Waals surface area contributed by atoms with Crippen molar-refractivity contribution in [2.45, 2.75) is 69.1 Å². The molecule has 13 nitrogen and oxygen atoms in total. The van der Waals surface area contributed by atoms with Gasteiger partial charge in [0.05, 0.1) is 46.3 Å². The number of piperidine rings is 1. The first-order chi connectivity index (χ1) is 23.9. The lowest BCUT2D eigenvalue weighted by Crippen LogP contribution is -2.54. The maximum absolute atomic E-state index is 13.1. The van der Waals surface area contributed by atoms with Crippen molar-refractivity contribution in [3.63, 3.8) is 0 Å². The maximum Gasteiger partial charge on any atom is 0.262 e. The fourth-order valence-corrected chi connectivity index (χ4v) is 8.22. The summed E-state index contributed by atoms with van der Waals surface area (Å²) in [6, 6.07) is 12.1. The first-order valence-electron chi connectivity index (χ1n) is 17.3. The Labute approximate surface area is 282 Å². The van der Waals surface area contributed by atoms with Gasteiger partial charge in [0.25, 0.3) is 11.8 Å². The molecule has 3 saturated heterocycles. The predicted molar refractivity (Wildman–Crippen MR) is 181 cm³/mol. The summed E-state index contributed by atoms with van der Waals surface area (Å²) >= 11 is 0. The zero-order chi connectivity index (χ0) is 33.2. The number of carbonyl (C=O) groups excluding carboxylic acids is 4. The Morgan fingerprint density at radius 2 is 1.80 bits per heavy atom. The molecule has 3 N–H and O–H groups in total. The van der Waals surface area contributed by atoms with E-state index in [1.807, 2.05) is 12.4 Å². The van der Waals surface area contributed by atoms with Gasteiger partial charge in [-0.2, -0.15) is 5.10 Å². The number of nitrogens with zero attached hydrogens (tertiary/aromatic N) is 6. The molecule has 2 bridgehead atoms. The van der Waals surface area contributed by atoms with Gasteiger partial charge in [-0.25, -0.2) is 4.98 Å². The largest absolute Gasteiger partial charge is 0.385 e. The van der Waals surface area contributed by atoms with Gasteiger partial charge in [0.2, 0.25) is 11.8 Å². The molecule has 2 aromatic carbocycles. The van der Waals surface area contributed by atoms with Crippen LogP contribution in [-0.4, -0.2) is 86.0 Å². The van der Waals surface area contributed by atoms with Crippen LogP contribution in [0.25, 0.3) is 22.3 Å². The van der Waals surface area contributed by atoms with Gasteiger partial charge in [-0.15, -0.1) is 0 Å². The molecule has 1 aliphatic carbocycles. The highest BCUT2D eigenvalue weighted by Gasteiger charge is 2.44. The predicted octanol–water partition coefficient (Wildman–Crippen LogP) is 3.29. The van der Waals surface area contributed by atoms with Crippen molar-refractivity contribution in [2.75, 3.05) is 29.9 Å². The molecule has 0 spiro atoms. The fourth-order valence-electron chi connectivity index (χ4n) is 8.22. The average molecular weight is 660 g/mol. The number of anilines is 2. The Balaban J connectivity index is 0.764. The van der Waals surface area contributed by atoms with Crippen LogP contribution in [0.2, 0.25) is 0 Å². The van der Waals surface area contributed by atoms with Crippen molar-refractivity contribution in [3.8, 4) is 11.3 Å². The average Bonchev–Trinajstić information content (AvgIpc) is 3.89. The van der Waals surface area contributed by atoms with Crippen LogP contribution >= 0.6 is 0 Å². The number of hydrogen-bond acceptors (Lipinski definition) is 10. The van der Waals surface area contributed by atoms with Crippen molar-refractivity contribution < 1.29 is 19.2 Å². The Bertz CT molecular complexity index is 2020. The summed E-state index contributed by atoms with van der Waals surface area (Å²) in [5.41, 5.74) is 6.16. The molecular formula is C36H37N9O4. The van der Waals surface area contributed by atoms with Crippen LogP contribution in [0.5, 0.6) is 0 Å². The van der Waals surface area contributed by atoms with E-state index < -0.39 is 23.8 Å². The number of benzene rings is 2. The van der Waals surface area contributed by atoms with Gasteiger partial charge in [0.15, 0.2) is 0 Å². The van der Waals surface area contributed by atoms with Crippen LogP contribution in [0, 0.1) is 5.92 Å². The Morgan fingerprint density at radius 3 is 2.61 bits per heavy atom. The van der Waals surface area contributed by atoms with E-state index in [1.54, 1.807) is 18.2 Å². The Hall–Kier alpha value is -5.17. The normalized spacial score (nSPS) is 26.0. The van der Waals surface area contributed by atoms with Crippen LogP contribution in [0.1, 0.15) is 71.7 Å². The Kier molecular flexibility index (Phi) is 7.18. The lowest BCUT2D eigenvalue weighted by atomic mass is 9.77. The third-order valence-electron chi connectivity index (χ3n) is 11.0. The van der Waals surface area contributed by atoms with Gasteiger partial charge >= 0.3 is 0 Å². The third kappa shape index (κ3) is 5.32. The van der Waals surface area contributed by atoms with Gasteiger partial charge in [0.1, 0.15) is 6.04 Å². The first-order valence-corrected chi connectivity index (χ1v) is 17.3. The summed E-state index contributed by atoms with van der Waals surface area (Å²) < 4.78 is 2.07. The highest BCUT2D eigenvalue weighted by atomic mass is 16.2. The number of imide groups is 2. The summed E-state index contributed by atoms with van der Waals surface area (Å²) in [7, 11) is 0. The van der Waals surface area contributed by atoms with Gasteiger partial charge < -0.3 is 15.5 Å². The highest BCUT2D eigenvalue weighted by molar-refractivity contribution is 6.23. The van der Waals surface area contributed by atoms with E-state index in [-0.39, 0.29) is 29.9 Å². The molecule has 250 valence electrons. The second-order valence-corrected chi connectivity index (χ2v) is 14.1. The summed E-state index contributed by atoms with van der Waals surface area (Å²) in [5, 5.41) is 13.9. The molecule has 13 heteroatoms. The number of carbonyl (C=O) groups is 4. The molecule has 49 heavy (non-hydrogen) atoms. The standard InChI is InChI=1S/C36H37N9O4/c46-33-8-7-32(34(47)42-33)45-35(48)27-5-3-22(13-28(27)36(45)49)37-9-1-2-20-10-25(11-20)44-18-21(15-40-44)31-17-39-29-6-4-24(14-30(29)41-31)43-19-23-12-26(43)16-38-23/h3-6,13-15,17-18,20,23,25-26,32,37-38H,1-2,7-12,16,19H2,(H,42,46,47)/t20-,23-,25-,26-,32?/m0/s1. The second kappa shape index (κ2) is 11.8. The van der Waals surface area contributed by atoms with E-state index in [9.17, 15) is 19.2 Å². The minimum Gasteiger partial charge on any atom is -0.385 e. The molecule has 0 radical (unpaired) electrons. The van der Waals surface area contributed by atoms with E-state index in [2.05, 4.69) is 55.0 Å². The monoisotopic (exact) mass is 659 g/mol. The lowest BCUT2D eigenvalue weighted by molar-refractivity contribution is -0.136. The molecule has 4 fully saturated rings. The van der Waals surface area contributed by atoms with Crippen molar-refractivity contribution >= 4 is 46.0 Å². The highest BCUT2D eigenvalue weighted by Crippen LogP contribution is 2.41. The van der Waals surface area contributed by atoms with Crippen LogP contribution < -0.4 is 20.9 Å². The molecular weight excluding hydrogens is 622 g/mol. The van der Waals surface area contributed by atoms with Crippen LogP contribution in [0.3, 0.4) is 0 Å². The third-order valence-corrected chi connectivity index (χ3v) is 11.0. The number of rotatable bonds is 9. The van der Waals surface area contributed by atoms with Gasteiger partial charge in [0, 0.05) is 61.3 Å². The van der Waals surface area contributed by atoms with Crippen LogP contribution in [0.4, 0.5) is 11.4 Å². The number of aromatic nitrogens is 4. The minimum atomic E-state index is -0.963. The molecule has 4 amide bonds. The zero-order valence-corrected chi connectivity index (χ0v) is 27.0. The Morgan fingerprint density at radius 1 is 0.918 bits per heavy atom. The van der Waals surface area contributed by atoms with Gasteiger partial charge in [-0.05, 0) is 80.8 Å². The van der Waals surface area contributed by atoms with Crippen molar-refractivity contribution in [3.05, 3.63) is 66.1 Å².